The van der Waals surface area contributed by atoms with Crippen LogP contribution in [0.15, 0.2) is 4.99 Å². The Labute approximate surface area is 168 Å². The standard InChI is InChI=1S/C16H30N4O3S.HI/c1-12-3-5-13(6-4-12)20-16(17-2)18-9-7-15(21)19-14-8-10-24(22,23)11-14;/h12-14H,3-11H2,1-2H3,(H,19,21)(H2,17,18,20);1H. The van der Waals surface area contributed by atoms with E-state index in [2.05, 4.69) is 27.9 Å². The Morgan fingerprint density at radius 1 is 1.08 bits per heavy atom. The Hall–Kier alpha value is -0.580. The Balaban J connectivity index is 0.00000312. The zero-order valence-corrected chi connectivity index (χ0v) is 18.2. The van der Waals surface area contributed by atoms with Crippen molar-refractivity contribution in [1.82, 2.24) is 16.0 Å². The molecule has 1 heterocycles. The predicted molar refractivity (Wildman–Crippen MR) is 111 cm³/mol. The van der Waals surface area contributed by atoms with E-state index in [0.29, 0.717) is 25.4 Å². The number of hydrogen-bond acceptors (Lipinski definition) is 4. The van der Waals surface area contributed by atoms with Gasteiger partial charge in [-0.25, -0.2) is 8.42 Å². The van der Waals surface area contributed by atoms with Crippen molar-refractivity contribution in [3.8, 4) is 0 Å². The van der Waals surface area contributed by atoms with Crippen molar-refractivity contribution in [2.75, 3.05) is 25.1 Å². The van der Waals surface area contributed by atoms with E-state index in [0.717, 1.165) is 24.7 Å². The van der Waals surface area contributed by atoms with Gasteiger partial charge in [-0.15, -0.1) is 24.0 Å². The van der Waals surface area contributed by atoms with Gasteiger partial charge < -0.3 is 16.0 Å². The van der Waals surface area contributed by atoms with E-state index >= 15 is 0 Å². The number of hydrogen-bond donors (Lipinski definition) is 3. The monoisotopic (exact) mass is 486 g/mol. The average molecular weight is 486 g/mol. The van der Waals surface area contributed by atoms with Crippen molar-refractivity contribution in [3.63, 3.8) is 0 Å². The SMILES string of the molecule is CN=C(NCCC(=O)NC1CCS(=O)(=O)C1)NC1CCC(C)CC1.I. The van der Waals surface area contributed by atoms with E-state index in [1.807, 2.05) is 0 Å². The summed E-state index contributed by atoms with van der Waals surface area (Å²) in [5.41, 5.74) is 0. The molecule has 0 spiro atoms. The van der Waals surface area contributed by atoms with Crippen LogP contribution in [0.5, 0.6) is 0 Å². The fraction of sp³-hybridized carbons (Fsp3) is 0.875. The van der Waals surface area contributed by atoms with Crippen molar-refractivity contribution < 1.29 is 13.2 Å². The molecular formula is C16H31IN4O3S. The van der Waals surface area contributed by atoms with Gasteiger partial charge in [0.1, 0.15) is 0 Å². The van der Waals surface area contributed by atoms with Gasteiger partial charge in [0, 0.05) is 32.1 Å². The molecule has 9 heteroatoms. The van der Waals surface area contributed by atoms with Gasteiger partial charge in [0.2, 0.25) is 5.91 Å². The van der Waals surface area contributed by atoms with Gasteiger partial charge in [0.05, 0.1) is 11.5 Å². The van der Waals surface area contributed by atoms with Gasteiger partial charge in [-0.3, -0.25) is 9.79 Å². The maximum atomic E-state index is 11.9. The van der Waals surface area contributed by atoms with Crippen molar-refractivity contribution in [3.05, 3.63) is 0 Å². The Kier molecular flexibility index (Phi) is 9.47. The van der Waals surface area contributed by atoms with Crippen molar-refractivity contribution >= 4 is 45.7 Å². The lowest BCUT2D eigenvalue weighted by molar-refractivity contribution is -0.121. The first kappa shape index (κ1) is 22.5. The molecule has 25 heavy (non-hydrogen) atoms. The van der Waals surface area contributed by atoms with E-state index in [-0.39, 0.29) is 47.4 Å². The molecule has 1 saturated heterocycles. The van der Waals surface area contributed by atoms with Gasteiger partial charge in [-0.2, -0.15) is 0 Å². The molecule has 0 radical (unpaired) electrons. The molecule has 146 valence electrons. The third-order valence-corrected chi connectivity index (χ3v) is 6.59. The summed E-state index contributed by atoms with van der Waals surface area (Å²) in [5.74, 6) is 1.65. The molecule has 3 N–H and O–H groups in total. The first-order valence-electron chi connectivity index (χ1n) is 8.85. The highest BCUT2D eigenvalue weighted by molar-refractivity contribution is 14.0. The number of halogens is 1. The summed E-state index contributed by atoms with van der Waals surface area (Å²) in [4.78, 5) is 16.1. The van der Waals surface area contributed by atoms with Gasteiger partial charge in [-0.05, 0) is 38.0 Å². The second-order valence-corrected chi connectivity index (χ2v) is 9.25. The molecule has 0 aromatic heterocycles. The van der Waals surface area contributed by atoms with Crippen LogP contribution >= 0.6 is 24.0 Å². The van der Waals surface area contributed by atoms with E-state index in [1.165, 1.54) is 12.8 Å². The number of carbonyl (C=O) groups is 1. The fourth-order valence-corrected chi connectivity index (χ4v) is 4.97. The van der Waals surface area contributed by atoms with Crippen LogP contribution in [0.25, 0.3) is 0 Å². The molecule has 7 nitrogen and oxygen atoms in total. The molecule has 1 aliphatic heterocycles. The van der Waals surface area contributed by atoms with Gasteiger partial charge in [0.15, 0.2) is 15.8 Å². The molecule has 1 amide bonds. The summed E-state index contributed by atoms with van der Waals surface area (Å²) >= 11 is 0. The highest BCUT2D eigenvalue weighted by Crippen LogP contribution is 2.23. The molecule has 1 unspecified atom stereocenters. The predicted octanol–water partition coefficient (Wildman–Crippen LogP) is 1.04. The van der Waals surface area contributed by atoms with Crippen LogP contribution in [-0.4, -0.2) is 57.5 Å². The van der Waals surface area contributed by atoms with Crippen LogP contribution in [0.4, 0.5) is 0 Å². The van der Waals surface area contributed by atoms with E-state index in [9.17, 15) is 13.2 Å². The average Bonchev–Trinajstić information content (AvgIpc) is 2.87. The number of nitrogens with one attached hydrogen (secondary N) is 3. The topological polar surface area (TPSA) is 99.7 Å². The van der Waals surface area contributed by atoms with E-state index in [4.69, 9.17) is 0 Å². The van der Waals surface area contributed by atoms with Crippen LogP contribution in [0.3, 0.4) is 0 Å². The van der Waals surface area contributed by atoms with Crippen LogP contribution in [0, 0.1) is 5.92 Å². The van der Waals surface area contributed by atoms with Gasteiger partial charge >= 0.3 is 0 Å². The zero-order chi connectivity index (χ0) is 17.6. The van der Waals surface area contributed by atoms with Crippen LogP contribution in [-0.2, 0) is 14.6 Å². The minimum atomic E-state index is -2.96. The molecule has 1 saturated carbocycles. The molecule has 0 aromatic carbocycles. The van der Waals surface area contributed by atoms with Crippen LogP contribution in [0.1, 0.15) is 45.4 Å². The maximum Gasteiger partial charge on any atom is 0.222 e. The Morgan fingerprint density at radius 2 is 1.76 bits per heavy atom. The maximum absolute atomic E-state index is 11.9. The second kappa shape index (κ2) is 10.5. The molecular weight excluding hydrogens is 455 g/mol. The number of carbonyl (C=O) groups excluding carboxylic acids is 1. The number of aliphatic imine (C=N–C) groups is 1. The minimum Gasteiger partial charge on any atom is -0.356 e. The van der Waals surface area contributed by atoms with Gasteiger partial charge in [-0.1, -0.05) is 6.92 Å². The summed E-state index contributed by atoms with van der Waals surface area (Å²) in [6, 6.07) is 0.217. The smallest absolute Gasteiger partial charge is 0.222 e. The third-order valence-electron chi connectivity index (χ3n) is 4.82. The summed E-state index contributed by atoms with van der Waals surface area (Å²) in [6.45, 7) is 2.77. The van der Waals surface area contributed by atoms with Crippen molar-refractivity contribution in [2.24, 2.45) is 10.9 Å². The Bertz CT molecular complexity index is 560. The molecule has 2 fully saturated rings. The van der Waals surface area contributed by atoms with E-state index in [1.54, 1.807) is 7.05 Å². The normalized spacial score (nSPS) is 28.7. The van der Waals surface area contributed by atoms with Gasteiger partial charge in [0.25, 0.3) is 0 Å². The quantitative estimate of drug-likeness (QED) is 0.307. The highest BCUT2D eigenvalue weighted by atomic mass is 127. The second-order valence-electron chi connectivity index (χ2n) is 7.02. The molecule has 1 aliphatic carbocycles. The van der Waals surface area contributed by atoms with Crippen molar-refractivity contribution in [1.29, 1.82) is 0 Å². The minimum absolute atomic E-state index is 0. The molecule has 1 atom stereocenters. The molecule has 0 aromatic rings. The number of amides is 1. The highest BCUT2D eigenvalue weighted by Gasteiger charge is 2.28. The van der Waals surface area contributed by atoms with E-state index < -0.39 is 9.84 Å². The number of rotatable bonds is 5. The lowest BCUT2D eigenvalue weighted by Gasteiger charge is -2.28. The first-order valence-corrected chi connectivity index (χ1v) is 10.7. The summed E-state index contributed by atoms with van der Waals surface area (Å²) in [5, 5.41) is 9.37. The zero-order valence-electron chi connectivity index (χ0n) is 15.1. The van der Waals surface area contributed by atoms with Crippen LogP contribution < -0.4 is 16.0 Å². The lowest BCUT2D eigenvalue weighted by atomic mass is 9.87. The Morgan fingerprint density at radius 3 is 2.32 bits per heavy atom. The largest absolute Gasteiger partial charge is 0.356 e. The van der Waals surface area contributed by atoms with Crippen LogP contribution in [0.2, 0.25) is 0 Å². The first-order chi connectivity index (χ1) is 11.4. The summed E-state index contributed by atoms with van der Waals surface area (Å²) < 4.78 is 22.8. The number of sulfone groups is 1. The molecule has 0 bridgehead atoms. The van der Waals surface area contributed by atoms with Crippen molar-refractivity contribution in [2.45, 2.75) is 57.5 Å². The molecule has 2 aliphatic rings. The number of guanidine groups is 1. The summed E-state index contributed by atoms with van der Waals surface area (Å²) in [7, 11) is -1.23. The summed E-state index contributed by atoms with van der Waals surface area (Å²) in [6.07, 6.45) is 5.60. The fourth-order valence-electron chi connectivity index (χ4n) is 3.30. The number of nitrogens with zero attached hydrogens (tertiary/aromatic N) is 1. The third kappa shape index (κ3) is 8.10. The molecule has 2 rings (SSSR count). The lowest BCUT2D eigenvalue weighted by Crippen LogP contribution is -2.46.